The molecule has 88 valence electrons. The highest BCUT2D eigenvalue weighted by atomic mass is 16.6. The Morgan fingerprint density at radius 1 is 1.00 bits per heavy atom. The summed E-state index contributed by atoms with van der Waals surface area (Å²) in [6.07, 6.45) is 7.93. The Morgan fingerprint density at radius 2 is 1.60 bits per heavy atom. The molecule has 0 radical (unpaired) electrons. The summed E-state index contributed by atoms with van der Waals surface area (Å²) in [5.41, 5.74) is 0. The lowest BCUT2D eigenvalue weighted by atomic mass is 9.89. The van der Waals surface area contributed by atoms with E-state index in [9.17, 15) is 0 Å². The molecule has 0 unspecified atom stereocenters. The average Bonchev–Trinajstić information content (AvgIpc) is 2.30. The molecule has 0 bridgehead atoms. The van der Waals surface area contributed by atoms with Crippen molar-refractivity contribution >= 4 is 0 Å². The van der Waals surface area contributed by atoms with E-state index in [0.29, 0.717) is 6.10 Å². The third-order valence-corrected chi connectivity index (χ3v) is 4.17. The highest BCUT2D eigenvalue weighted by Crippen LogP contribution is 2.27. The van der Waals surface area contributed by atoms with Crippen LogP contribution in [0.25, 0.3) is 0 Å². The fraction of sp³-hybridized carbons (Fsp3) is 1.00. The first-order valence-corrected chi connectivity index (χ1v) is 6.39. The number of likely N-dealkylation sites (tertiary alicyclic amines) is 1. The van der Waals surface area contributed by atoms with E-state index in [1.54, 1.807) is 0 Å². The van der Waals surface area contributed by atoms with Crippen LogP contribution in [0, 0.1) is 5.92 Å². The van der Waals surface area contributed by atoms with Crippen molar-refractivity contribution in [3.8, 4) is 0 Å². The van der Waals surface area contributed by atoms with Crippen LogP contribution in [0.5, 0.6) is 0 Å². The Bertz CT molecular complexity index is 182. The molecule has 1 saturated heterocycles. The second-order valence-electron chi connectivity index (χ2n) is 5.29. The largest absolute Gasteiger partial charge is 0.301 e. The summed E-state index contributed by atoms with van der Waals surface area (Å²) in [5.74, 6) is 6.17. The molecular weight excluding hydrogens is 188 g/mol. The van der Waals surface area contributed by atoms with Crippen LogP contribution in [0.1, 0.15) is 45.4 Å². The zero-order chi connectivity index (χ0) is 10.7. The third kappa shape index (κ3) is 2.92. The van der Waals surface area contributed by atoms with Gasteiger partial charge < -0.3 is 9.74 Å². The molecule has 3 nitrogen and oxygen atoms in total. The number of rotatable bonds is 2. The van der Waals surface area contributed by atoms with Crippen LogP contribution in [0.2, 0.25) is 0 Å². The van der Waals surface area contributed by atoms with Crippen molar-refractivity contribution in [2.24, 2.45) is 11.8 Å². The fourth-order valence-corrected chi connectivity index (χ4v) is 2.94. The van der Waals surface area contributed by atoms with E-state index < -0.39 is 0 Å². The molecule has 3 heteroatoms. The van der Waals surface area contributed by atoms with E-state index in [-0.39, 0.29) is 0 Å². The predicted octanol–water partition coefficient (Wildman–Crippen LogP) is 1.92. The molecule has 0 spiro atoms. The first-order chi connectivity index (χ1) is 7.29. The Kier molecular flexibility index (Phi) is 4.00. The van der Waals surface area contributed by atoms with Crippen LogP contribution < -0.4 is 5.90 Å². The van der Waals surface area contributed by atoms with E-state index in [4.69, 9.17) is 10.7 Å². The maximum Gasteiger partial charge on any atom is 0.0788 e. The fourth-order valence-electron chi connectivity index (χ4n) is 2.94. The van der Waals surface area contributed by atoms with Crippen LogP contribution in [0.3, 0.4) is 0 Å². The van der Waals surface area contributed by atoms with Gasteiger partial charge in [0, 0.05) is 6.04 Å². The van der Waals surface area contributed by atoms with E-state index >= 15 is 0 Å². The molecule has 1 aliphatic heterocycles. The van der Waals surface area contributed by atoms with Crippen molar-refractivity contribution in [2.45, 2.75) is 57.6 Å². The molecule has 0 aromatic rings. The van der Waals surface area contributed by atoms with Gasteiger partial charge in [-0.1, -0.05) is 6.92 Å². The van der Waals surface area contributed by atoms with Gasteiger partial charge in [0.25, 0.3) is 0 Å². The first kappa shape index (κ1) is 11.4. The van der Waals surface area contributed by atoms with E-state index in [2.05, 4.69) is 11.8 Å². The van der Waals surface area contributed by atoms with Crippen molar-refractivity contribution in [1.29, 1.82) is 0 Å². The van der Waals surface area contributed by atoms with Gasteiger partial charge in [0.2, 0.25) is 0 Å². The van der Waals surface area contributed by atoms with Crippen LogP contribution in [-0.4, -0.2) is 30.1 Å². The zero-order valence-electron chi connectivity index (χ0n) is 9.82. The summed E-state index contributed by atoms with van der Waals surface area (Å²) in [5, 5.41) is 0. The molecule has 0 atom stereocenters. The monoisotopic (exact) mass is 212 g/mol. The van der Waals surface area contributed by atoms with Gasteiger partial charge in [-0.3, -0.25) is 0 Å². The summed E-state index contributed by atoms with van der Waals surface area (Å²) in [6.45, 7) is 4.98. The van der Waals surface area contributed by atoms with Crippen LogP contribution in [-0.2, 0) is 4.84 Å². The number of nitrogens with two attached hydrogens (primary N) is 1. The van der Waals surface area contributed by atoms with Crippen molar-refractivity contribution in [3.05, 3.63) is 0 Å². The predicted molar refractivity (Wildman–Crippen MR) is 61.3 cm³/mol. The smallest absolute Gasteiger partial charge is 0.0788 e. The molecule has 0 aromatic heterocycles. The van der Waals surface area contributed by atoms with Crippen molar-refractivity contribution in [3.63, 3.8) is 0 Å². The van der Waals surface area contributed by atoms with Crippen LogP contribution in [0.4, 0.5) is 0 Å². The molecule has 1 heterocycles. The minimum Gasteiger partial charge on any atom is -0.301 e. The van der Waals surface area contributed by atoms with Crippen molar-refractivity contribution < 1.29 is 4.84 Å². The van der Waals surface area contributed by atoms with Gasteiger partial charge in [0.1, 0.15) is 0 Å². The van der Waals surface area contributed by atoms with Gasteiger partial charge in [0.05, 0.1) is 6.10 Å². The van der Waals surface area contributed by atoms with E-state index in [1.165, 1.54) is 38.8 Å². The van der Waals surface area contributed by atoms with Gasteiger partial charge in [-0.2, -0.15) is 0 Å². The minimum atomic E-state index is 0.324. The average molecular weight is 212 g/mol. The molecule has 2 rings (SSSR count). The Hall–Kier alpha value is -0.120. The van der Waals surface area contributed by atoms with Gasteiger partial charge in [-0.05, 0) is 57.5 Å². The molecule has 0 aromatic carbocycles. The number of hydrogen-bond acceptors (Lipinski definition) is 3. The lowest BCUT2D eigenvalue weighted by Crippen LogP contribution is -2.43. The maximum atomic E-state index is 5.23. The molecule has 1 saturated carbocycles. The highest BCUT2D eigenvalue weighted by molar-refractivity contribution is 4.82. The highest BCUT2D eigenvalue weighted by Gasteiger charge is 2.27. The Labute approximate surface area is 92.9 Å². The van der Waals surface area contributed by atoms with Crippen molar-refractivity contribution in [2.75, 3.05) is 13.1 Å². The van der Waals surface area contributed by atoms with Gasteiger partial charge in [-0.15, -0.1) is 0 Å². The zero-order valence-corrected chi connectivity index (χ0v) is 9.82. The topological polar surface area (TPSA) is 38.5 Å². The van der Waals surface area contributed by atoms with Gasteiger partial charge in [0.15, 0.2) is 0 Å². The minimum absolute atomic E-state index is 0.324. The molecule has 2 fully saturated rings. The second-order valence-corrected chi connectivity index (χ2v) is 5.29. The standard InChI is InChI=1S/C12H24N2O/c1-10-6-8-14(9-7-10)11-2-4-12(15-13)5-3-11/h10-12H,2-9,13H2,1H3. The molecule has 15 heavy (non-hydrogen) atoms. The molecule has 1 aliphatic carbocycles. The summed E-state index contributed by atoms with van der Waals surface area (Å²) < 4.78 is 0. The second kappa shape index (κ2) is 5.28. The quantitative estimate of drug-likeness (QED) is 0.711. The van der Waals surface area contributed by atoms with Gasteiger partial charge >= 0.3 is 0 Å². The Morgan fingerprint density at radius 3 is 2.13 bits per heavy atom. The molecule has 0 amide bonds. The van der Waals surface area contributed by atoms with Crippen molar-refractivity contribution in [1.82, 2.24) is 4.90 Å². The van der Waals surface area contributed by atoms with Gasteiger partial charge in [-0.25, -0.2) is 5.90 Å². The molecule has 2 N–H and O–H groups in total. The molecular formula is C12H24N2O. The SMILES string of the molecule is CC1CCN(C2CCC(ON)CC2)CC1. The summed E-state index contributed by atoms with van der Waals surface area (Å²) in [7, 11) is 0. The lowest BCUT2D eigenvalue weighted by molar-refractivity contribution is 0.00137. The van der Waals surface area contributed by atoms with E-state index in [0.717, 1.165) is 24.8 Å². The summed E-state index contributed by atoms with van der Waals surface area (Å²) in [4.78, 5) is 7.61. The van der Waals surface area contributed by atoms with E-state index in [1.807, 2.05) is 0 Å². The number of nitrogens with zero attached hydrogens (tertiary/aromatic N) is 1. The first-order valence-electron chi connectivity index (χ1n) is 6.39. The summed E-state index contributed by atoms with van der Waals surface area (Å²) >= 11 is 0. The normalized spacial score (nSPS) is 35.6. The lowest BCUT2D eigenvalue weighted by Gasteiger charge is -2.39. The third-order valence-electron chi connectivity index (χ3n) is 4.17. The molecule has 2 aliphatic rings. The maximum absolute atomic E-state index is 5.23. The Balaban J connectivity index is 1.75. The number of hydrogen-bond donors (Lipinski definition) is 1. The van der Waals surface area contributed by atoms with Crippen LogP contribution in [0.15, 0.2) is 0 Å². The number of piperidine rings is 1. The summed E-state index contributed by atoms with van der Waals surface area (Å²) in [6, 6.07) is 0.809. The van der Waals surface area contributed by atoms with Crippen LogP contribution >= 0.6 is 0 Å².